The Bertz CT molecular complexity index is 748. The third-order valence-corrected chi connectivity index (χ3v) is 4.47. The minimum absolute atomic E-state index is 0.0832. The van der Waals surface area contributed by atoms with Crippen molar-refractivity contribution in [3.05, 3.63) is 58.2 Å². The first kappa shape index (κ1) is 16.7. The molecule has 1 N–H and O–H groups in total. The zero-order valence-corrected chi connectivity index (χ0v) is 14.4. The van der Waals surface area contributed by atoms with Crippen LogP contribution in [-0.4, -0.2) is 23.3 Å². The average Bonchev–Trinajstić information content (AvgIpc) is 3.19. The highest BCUT2D eigenvalue weighted by Crippen LogP contribution is 2.21. The van der Waals surface area contributed by atoms with E-state index in [0.717, 1.165) is 4.47 Å². The summed E-state index contributed by atoms with van der Waals surface area (Å²) < 4.78 is 19.7. The van der Waals surface area contributed by atoms with Gasteiger partial charge in [-0.1, -0.05) is 15.9 Å². The predicted octanol–water partition coefficient (Wildman–Crippen LogP) is 2.85. The number of likely N-dealkylation sites (tertiary alicyclic amines) is 1. The molecule has 1 aromatic heterocycles. The van der Waals surface area contributed by atoms with Crippen LogP contribution in [0.1, 0.15) is 17.7 Å². The molecular formula is C17H16BrFN2O3. The van der Waals surface area contributed by atoms with Crippen molar-refractivity contribution in [2.75, 3.05) is 6.54 Å². The van der Waals surface area contributed by atoms with E-state index in [-0.39, 0.29) is 30.6 Å². The first-order chi connectivity index (χ1) is 11.5. The lowest BCUT2D eigenvalue weighted by molar-refractivity contribution is -0.129. The predicted molar refractivity (Wildman–Crippen MR) is 88.2 cm³/mol. The van der Waals surface area contributed by atoms with Crippen molar-refractivity contribution in [2.45, 2.75) is 19.5 Å². The fourth-order valence-electron chi connectivity index (χ4n) is 2.70. The summed E-state index contributed by atoms with van der Waals surface area (Å²) in [6, 6.07) is 8.11. The maximum absolute atomic E-state index is 13.7. The van der Waals surface area contributed by atoms with Crippen LogP contribution in [0, 0.1) is 11.7 Å². The Morgan fingerprint density at radius 1 is 1.42 bits per heavy atom. The molecule has 1 aliphatic rings. The number of halogens is 2. The highest BCUT2D eigenvalue weighted by atomic mass is 79.9. The van der Waals surface area contributed by atoms with Crippen LogP contribution >= 0.6 is 15.9 Å². The van der Waals surface area contributed by atoms with Crippen LogP contribution in [0.25, 0.3) is 0 Å². The lowest BCUT2D eigenvalue weighted by Gasteiger charge is -2.15. The number of nitrogens with one attached hydrogen (secondary N) is 1. The molecule has 1 atom stereocenters. The Balaban J connectivity index is 1.56. The van der Waals surface area contributed by atoms with Crippen molar-refractivity contribution in [2.24, 2.45) is 5.92 Å². The van der Waals surface area contributed by atoms with Gasteiger partial charge in [-0.2, -0.15) is 0 Å². The maximum atomic E-state index is 13.7. The SMILES string of the molecule is O=C(NCc1cc(Br)ccc1F)C1CC(=O)N(Cc2ccco2)C1. The number of carbonyl (C=O) groups is 2. The van der Waals surface area contributed by atoms with E-state index in [4.69, 9.17) is 4.42 Å². The van der Waals surface area contributed by atoms with E-state index in [0.29, 0.717) is 24.4 Å². The van der Waals surface area contributed by atoms with Crippen molar-refractivity contribution in [1.29, 1.82) is 0 Å². The molecule has 2 amide bonds. The van der Waals surface area contributed by atoms with Gasteiger partial charge in [0.05, 0.1) is 18.7 Å². The quantitative estimate of drug-likeness (QED) is 0.847. The van der Waals surface area contributed by atoms with E-state index in [2.05, 4.69) is 21.2 Å². The van der Waals surface area contributed by atoms with E-state index in [9.17, 15) is 14.0 Å². The summed E-state index contributed by atoms with van der Waals surface area (Å²) >= 11 is 3.27. The van der Waals surface area contributed by atoms with Crippen molar-refractivity contribution >= 4 is 27.7 Å². The van der Waals surface area contributed by atoms with Gasteiger partial charge in [-0.25, -0.2) is 4.39 Å². The summed E-state index contributed by atoms with van der Waals surface area (Å²) in [5, 5.41) is 2.71. The molecule has 0 saturated carbocycles. The molecule has 5 nitrogen and oxygen atoms in total. The van der Waals surface area contributed by atoms with Gasteiger partial charge in [-0.15, -0.1) is 0 Å². The van der Waals surface area contributed by atoms with Crippen molar-refractivity contribution in [3.8, 4) is 0 Å². The number of rotatable bonds is 5. The van der Waals surface area contributed by atoms with Gasteiger partial charge < -0.3 is 14.6 Å². The number of furan rings is 1. The zero-order valence-electron chi connectivity index (χ0n) is 12.8. The fraction of sp³-hybridized carbons (Fsp3) is 0.294. The second-order valence-electron chi connectivity index (χ2n) is 5.71. The topological polar surface area (TPSA) is 62.6 Å². The monoisotopic (exact) mass is 394 g/mol. The van der Waals surface area contributed by atoms with Gasteiger partial charge in [-0.05, 0) is 30.3 Å². The molecule has 2 heterocycles. The number of hydrogen-bond acceptors (Lipinski definition) is 3. The molecule has 1 fully saturated rings. The molecule has 1 saturated heterocycles. The number of hydrogen-bond donors (Lipinski definition) is 1. The summed E-state index contributed by atoms with van der Waals surface area (Å²) in [6.45, 7) is 0.787. The van der Waals surface area contributed by atoms with E-state index >= 15 is 0 Å². The second-order valence-corrected chi connectivity index (χ2v) is 6.62. The summed E-state index contributed by atoms with van der Waals surface area (Å²) in [5.41, 5.74) is 0.398. The molecule has 1 aromatic carbocycles. The number of benzene rings is 1. The largest absolute Gasteiger partial charge is 0.467 e. The lowest BCUT2D eigenvalue weighted by atomic mass is 10.1. The third kappa shape index (κ3) is 3.84. The molecule has 0 aliphatic carbocycles. The van der Waals surface area contributed by atoms with Gasteiger partial charge in [0.2, 0.25) is 11.8 Å². The normalized spacial score (nSPS) is 17.3. The highest BCUT2D eigenvalue weighted by Gasteiger charge is 2.34. The Kier molecular flexibility index (Phi) is 4.99. The van der Waals surface area contributed by atoms with Gasteiger partial charge in [0, 0.05) is 29.5 Å². The Morgan fingerprint density at radius 2 is 2.25 bits per heavy atom. The Hall–Kier alpha value is -2.15. The van der Waals surface area contributed by atoms with E-state index in [1.165, 1.54) is 6.07 Å². The molecule has 3 rings (SSSR count). The summed E-state index contributed by atoms with van der Waals surface area (Å²) in [4.78, 5) is 25.9. The van der Waals surface area contributed by atoms with E-state index in [1.807, 2.05) is 0 Å². The van der Waals surface area contributed by atoms with Gasteiger partial charge in [0.1, 0.15) is 11.6 Å². The number of amides is 2. The van der Waals surface area contributed by atoms with Gasteiger partial charge in [-0.3, -0.25) is 9.59 Å². The Morgan fingerprint density at radius 3 is 3.00 bits per heavy atom. The smallest absolute Gasteiger partial charge is 0.225 e. The zero-order chi connectivity index (χ0) is 17.1. The first-order valence-corrected chi connectivity index (χ1v) is 8.34. The van der Waals surface area contributed by atoms with Crippen molar-refractivity contribution in [3.63, 3.8) is 0 Å². The standard InChI is InChI=1S/C17H16BrFN2O3/c18-13-3-4-15(19)11(6-13)8-20-17(23)12-7-16(22)21(9-12)10-14-2-1-5-24-14/h1-6,12H,7-10H2,(H,20,23). The third-order valence-electron chi connectivity index (χ3n) is 3.97. The molecule has 2 aromatic rings. The minimum atomic E-state index is -0.428. The van der Waals surface area contributed by atoms with Crippen LogP contribution in [0.2, 0.25) is 0 Å². The average molecular weight is 395 g/mol. The molecular weight excluding hydrogens is 379 g/mol. The molecule has 126 valence electrons. The highest BCUT2D eigenvalue weighted by molar-refractivity contribution is 9.10. The maximum Gasteiger partial charge on any atom is 0.225 e. The summed E-state index contributed by atoms with van der Waals surface area (Å²) in [7, 11) is 0. The van der Waals surface area contributed by atoms with Crippen LogP contribution in [0.15, 0.2) is 45.5 Å². The van der Waals surface area contributed by atoms with Gasteiger partial charge in [0.15, 0.2) is 0 Å². The summed E-state index contributed by atoms with van der Waals surface area (Å²) in [6.07, 6.45) is 1.71. The molecule has 7 heteroatoms. The number of carbonyl (C=O) groups excluding carboxylic acids is 2. The number of nitrogens with zero attached hydrogens (tertiary/aromatic N) is 1. The van der Waals surface area contributed by atoms with Crippen molar-refractivity contribution < 1.29 is 18.4 Å². The van der Waals surface area contributed by atoms with Gasteiger partial charge >= 0.3 is 0 Å². The van der Waals surface area contributed by atoms with Crippen LogP contribution in [0.4, 0.5) is 4.39 Å². The van der Waals surface area contributed by atoms with E-state index in [1.54, 1.807) is 35.4 Å². The molecule has 1 aliphatic heterocycles. The molecule has 0 bridgehead atoms. The van der Waals surface area contributed by atoms with Crippen LogP contribution in [-0.2, 0) is 22.7 Å². The minimum Gasteiger partial charge on any atom is -0.467 e. The first-order valence-electron chi connectivity index (χ1n) is 7.54. The fourth-order valence-corrected chi connectivity index (χ4v) is 3.11. The van der Waals surface area contributed by atoms with E-state index < -0.39 is 5.92 Å². The Labute approximate surface area is 146 Å². The van der Waals surface area contributed by atoms with Crippen LogP contribution < -0.4 is 5.32 Å². The van der Waals surface area contributed by atoms with Gasteiger partial charge in [0.25, 0.3) is 0 Å². The van der Waals surface area contributed by atoms with Crippen LogP contribution in [0.5, 0.6) is 0 Å². The molecule has 0 spiro atoms. The van der Waals surface area contributed by atoms with Crippen molar-refractivity contribution in [1.82, 2.24) is 10.2 Å². The van der Waals surface area contributed by atoms with Crippen LogP contribution in [0.3, 0.4) is 0 Å². The molecule has 0 radical (unpaired) electrons. The summed E-state index contributed by atoms with van der Waals surface area (Å²) in [5.74, 6) is -0.450. The lowest BCUT2D eigenvalue weighted by Crippen LogP contribution is -2.32. The second kappa shape index (κ2) is 7.17. The molecule has 1 unspecified atom stereocenters. The molecule has 24 heavy (non-hydrogen) atoms.